The number of ether oxygens (including phenoxy) is 2. The van der Waals surface area contributed by atoms with Crippen LogP contribution in [0, 0.1) is 0 Å². The summed E-state index contributed by atoms with van der Waals surface area (Å²) >= 11 is 0. The molecule has 0 bridgehead atoms. The number of aliphatic hydroxyl groups is 1. The van der Waals surface area contributed by atoms with E-state index < -0.39 is 30.1 Å². The van der Waals surface area contributed by atoms with Crippen LogP contribution >= 0.6 is 0 Å². The number of hydrogen-bond acceptors (Lipinski definition) is 5. The van der Waals surface area contributed by atoms with Gasteiger partial charge in [0.2, 0.25) is 0 Å². The van der Waals surface area contributed by atoms with Gasteiger partial charge in [-0.3, -0.25) is 4.79 Å². The van der Waals surface area contributed by atoms with Gasteiger partial charge in [0.15, 0.2) is 12.2 Å². The molecule has 0 radical (unpaired) electrons. The highest BCUT2D eigenvalue weighted by molar-refractivity contribution is 6.37. The van der Waals surface area contributed by atoms with Gasteiger partial charge in [-0.25, -0.2) is 4.79 Å². The Morgan fingerprint density at radius 1 is 1.43 bits per heavy atom. The van der Waals surface area contributed by atoms with Crippen molar-refractivity contribution < 1.29 is 24.2 Å². The molecule has 0 aromatic rings. The van der Waals surface area contributed by atoms with E-state index in [9.17, 15) is 14.7 Å². The maximum atomic E-state index is 11.2. The molecular formula is C9H12O5. The smallest absolute Gasteiger partial charge is 0.378 e. The maximum Gasteiger partial charge on any atom is 0.378 e. The van der Waals surface area contributed by atoms with E-state index in [4.69, 9.17) is 9.47 Å². The molecule has 0 aliphatic carbocycles. The summed E-state index contributed by atoms with van der Waals surface area (Å²) in [6, 6.07) is 0. The van der Waals surface area contributed by atoms with Crippen molar-refractivity contribution in [1.82, 2.24) is 0 Å². The minimum absolute atomic E-state index is 0.382. The van der Waals surface area contributed by atoms with Crippen LogP contribution in [0.1, 0.15) is 19.8 Å². The Balaban J connectivity index is 2.11. The van der Waals surface area contributed by atoms with E-state index in [0.717, 1.165) is 6.42 Å². The molecule has 2 rings (SSSR count). The molecule has 5 nitrogen and oxygen atoms in total. The van der Waals surface area contributed by atoms with E-state index in [1.807, 2.05) is 6.92 Å². The Hall–Kier alpha value is -0.940. The number of ketones is 1. The number of Topliss-reactive ketones (excluding diaryl/α,β-unsaturated/α-hetero) is 1. The zero-order chi connectivity index (χ0) is 10.3. The zero-order valence-corrected chi connectivity index (χ0v) is 7.80. The number of carbonyl (C=O) groups excluding carboxylic acids is 2. The van der Waals surface area contributed by atoms with Crippen LogP contribution in [0.3, 0.4) is 0 Å². The average molecular weight is 200 g/mol. The lowest BCUT2D eigenvalue weighted by molar-refractivity contribution is -0.153. The largest absolute Gasteiger partial charge is 0.450 e. The summed E-state index contributed by atoms with van der Waals surface area (Å²) in [4.78, 5) is 22.0. The molecule has 0 amide bonds. The first-order chi connectivity index (χ1) is 6.65. The van der Waals surface area contributed by atoms with E-state index in [1.54, 1.807) is 0 Å². The monoisotopic (exact) mass is 200 g/mol. The minimum atomic E-state index is -0.894. The third-order valence-corrected chi connectivity index (χ3v) is 2.61. The molecule has 4 atom stereocenters. The molecule has 14 heavy (non-hydrogen) atoms. The van der Waals surface area contributed by atoms with Crippen LogP contribution in [0.25, 0.3) is 0 Å². The normalized spacial score (nSPS) is 41.3. The Morgan fingerprint density at radius 2 is 2.14 bits per heavy atom. The highest BCUT2D eigenvalue weighted by Crippen LogP contribution is 2.31. The fourth-order valence-electron chi connectivity index (χ4n) is 1.90. The summed E-state index contributed by atoms with van der Waals surface area (Å²) < 4.78 is 10.00. The molecule has 2 heterocycles. The fraction of sp³-hybridized carbons (Fsp3) is 0.778. The Morgan fingerprint density at radius 3 is 2.71 bits per heavy atom. The quantitative estimate of drug-likeness (QED) is 0.476. The summed E-state index contributed by atoms with van der Waals surface area (Å²) in [6.45, 7) is 1.96. The van der Waals surface area contributed by atoms with Gasteiger partial charge in [0.25, 0.3) is 5.78 Å². The first kappa shape index (κ1) is 9.61. The molecule has 2 aliphatic heterocycles. The van der Waals surface area contributed by atoms with Crippen molar-refractivity contribution in [3.05, 3.63) is 0 Å². The van der Waals surface area contributed by atoms with Gasteiger partial charge in [0, 0.05) is 0 Å². The number of aliphatic hydroxyl groups excluding tert-OH is 1. The number of esters is 1. The van der Waals surface area contributed by atoms with Gasteiger partial charge in [0.1, 0.15) is 6.10 Å². The van der Waals surface area contributed by atoms with Crippen LogP contribution in [0.15, 0.2) is 0 Å². The van der Waals surface area contributed by atoms with Crippen LogP contribution in [-0.4, -0.2) is 41.3 Å². The molecule has 78 valence electrons. The molecular weight excluding hydrogens is 188 g/mol. The maximum absolute atomic E-state index is 11.2. The van der Waals surface area contributed by atoms with Gasteiger partial charge >= 0.3 is 5.97 Å². The second-order valence-corrected chi connectivity index (χ2v) is 3.61. The van der Waals surface area contributed by atoms with Gasteiger partial charge < -0.3 is 14.6 Å². The molecule has 2 saturated heterocycles. The number of carbonyl (C=O) groups is 2. The zero-order valence-electron chi connectivity index (χ0n) is 7.80. The highest BCUT2D eigenvalue weighted by atomic mass is 16.6. The third-order valence-electron chi connectivity index (χ3n) is 2.61. The Labute approximate surface area is 81.0 Å². The van der Waals surface area contributed by atoms with Crippen LogP contribution in [0.2, 0.25) is 0 Å². The second-order valence-electron chi connectivity index (χ2n) is 3.61. The lowest BCUT2D eigenvalue weighted by atomic mass is 10.0. The van der Waals surface area contributed by atoms with Gasteiger partial charge in [-0.05, 0) is 6.42 Å². The minimum Gasteiger partial charge on any atom is -0.450 e. The second kappa shape index (κ2) is 3.33. The van der Waals surface area contributed by atoms with Crippen LogP contribution in [0.4, 0.5) is 0 Å². The van der Waals surface area contributed by atoms with Gasteiger partial charge in [-0.2, -0.15) is 0 Å². The van der Waals surface area contributed by atoms with Gasteiger partial charge in [-0.1, -0.05) is 13.3 Å². The summed E-state index contributed by atoms with van der Waals surface area (Å²) in [6.07, 6.45) is -1.40. The molecule has 0 aromatic heterocycles. The number of rotatable bonds is 2. The van der Waals surface area contributed by atoms with Crippen molar-refractivity contribution in [2.24, 2.45) is 0 Å². The van der Waals surface area contributed by atoms with E-state index in [1.165, 1.54) is 0 Å². The molecule has 0 saturated carbocycles. The highest BCUT2D eigenvalue weighted by Gasteiger charge is 2.56. The molecule has 0 aromatic carbocycles. The first-order valence-corrected chi connectivity index (χ1v) is 4.73. The number of fused-ring (bicyclic) bond motifs is 1. The van der Waals surface area contributed by atoms with Crippen molar-refractivity contribution in [1.29, 1.82) is 0 Å². The van der Waals surface area contributed by atoms with Crippen LogP contribution < -0.4 is 0 Å². The molecule has 1 N–H and O–H groups in total. The van der Waals surface area contributed by atoms with Crippen molar-refractivity contribution >= 4 is 11.8 Å². The molecule has 5 heteroatoms. The molecule has 2 aliphatic rings. The summed E-state index contributed by atoms with van der Waals surface area (Å²) in [5.41, 5.74) is 0. The number of hydrogen-bond donors (Lipinski definition) is 1. The van der Waals surface area contributed by atoms with Crippen molar-refractivity contribution in [2.45, 2.75) is 44.2 Å². The lowest BCUT2D eigenvalue weighted by Gasteiger charge is -2.14. The van der Waals surface area contributed by atoms with Crippen molar-refractivity contribution in [2.75, 3.05) is 0 Å². The van der Waals surface area contributed by atoms with Crippen LogP contribution in [0.5, 0.6) is 0 Å². The Bertz CT molecular complexity index is 274. The summed E-state index contributed by atoms with van der Waals surface area (Å²) in [5, 5.41) is 9.67. The molecule has 2 unspecified atom stereocenters. The predicted octanol–water partition coefficient (Wildman–Crippen LogP) is -0.591. The van der Waals surface area contributed by atoms with E-state index in [0.29, 0.717) is 6.42 Å². The van der Waals surface area contributed by atoms with E-state index in [-0.39, 0.29) is 6.10 Å². The van der Waals surface area contributed by atoms with Gasteiger partial charge in [0.05, 0.1) is 6.10 Å². The van der Waals surface area contributed by atoms with Crippen molar-refractivity contribution in [3.63, 3.8) is 0 Å². The van der Waals surface area contributed by atoms with E-state index in [2.05, 4.69) is 0 Å². The van der Waals surface area contributed by atoms with Crippen LogP contribution in [-0.2, 0) is 19.1 Å². The summed E-state index contributed by atoms with van der Waals surface area (Å²) in [5.74, 6) is -1.57. The average Bonchev–Trinajstić information content (AvgIpc) is 2.59. The first-order valence-electron chi connectivity index (χ1n) is 4.73. The lowest BCUT2D eigenvalue weighted by Crippen LogP contribution is -2.31. The predicted molar refractivity (Wildman–Crippen MR) is 44.5 cm³/mol. The topological polar surface area (TPSA) is 72.8 Å². The molecule has 2 fully saturated rings. The Kier molecular flexibility index (Phi) is 2.28. The molecule has 0 spiro atoms. The standard InChI is InChI=1S/C9H12O5/c1-2-3-4-5(10)7-8(13-4)6(11)9(12)14-7/h4-5,7-8,10H,2-3H2,1H3/t4-,5?,7?,8+/m0/s1. The third kappa shape index (κ3) is 1.24. The summed E-state index contributed by atoms with van der Waals surface area (Å²) in [7, 11) is 0. The van der Waals surface area contributed by atoms with Crippen molar-refractivity contribution in [3.8, 4) is 0 Å². The SMILES string of the molecule is CCC[C@@H]1O[C@@H]2C(=O)C(=O)OC2C1O. The van der Waals surface area contributed by atoms with E-state index >= 15 is 0 Å². The van der Waals surface area contributed by atoms with Gasteiger partial charge in [-0.15, -0.1) is 0 Å². The fourth-order valence-corrected chi connectivity index (χ4v) is 1.90.